The molecule has 1 aliphatic heterocycles. The number of aryl methyl sites for hydroxylation is 1. The molecule has 0 bridgehead atoms. The first-order valence-corrected chi connectivity index (χ1v) is 14.0. The minimum absolute atomic E-state index is 0.0302. The molecule has 1 saturated carbocycles. The Bertz CT molecular complexity index is 1260. The van der Waals surface area contributed by atoms with Crippen molar-refractivity contribution in [2.24, 2.45) is 5.92 Å². The fourth-order valence-corrected chi connectivity index (χ4v) is 6.43. The molecule has 0 amide bonds. The Hall–Kier alpha value is -2.76. The Kier molecular flexibility index (Phi) is 9.06. The zero-order chi connectivity index (χ0) is 29.4. The molecule has 0 unspecified atom stereocenters. The van der Waals surface area contributed by atoms with E-state index in [1.807, 2.05) is 0 Å². The Morgan fingerprint density at radius 1 is 1.07 bits per heavy atom. The normalized spacial score (nSPS) is 30.8. The number of aliphatic hydroxyl groups is 4. The standard InChI is InChI=1S/C30H40O10/c1-4-5-6-9-19-10-7-8-11-30(19,38)27-25(34)24(33)26(35)29(40-27)39-20-14-18(28(36)37)13-17-12-15(2)21(16(3)31)23(32)22(17)20/h12-14,19,24-27,29,32-35,38H,4-11H2,1-3H3,(H,36,37)/t19-,24+,25+,26-,27+,29-,30-/m1/s1. The summed E-state index contributed by atoms with van der Waals surface area (Å²) in [5, 5.41) is 65.5. The summed E-state index contributed by atoms with van der Waals surface area (Å²) < 4.78 is 12.0. The topological polar surface area (TPSA) is 174 Å². The van der Waals surface area contributed by atoms with E-state index in [0.717, 1.165) is 38.2 Å². The van der Waals surface area contributed by atoms with Crippen LogP contribution in [0, 0.1) is 12.8 Å². The van der Waals surface area contributed by atoms with Gasteiger partial charge in [0.15, 0.2) is 5.78 Å². The number of aromatic hydroxyl groups is 1. The predicted molar refractivity (Wildman–Crippen MR) is 146 cm³/mol. The third kappa shape index (κ3) is 5.56. The SMILES string of the molecule is CCCCC[C@@H]1CCCC[C@]1(O)[C@H]1O[C@@H](Oc2cc(C(=O)O)cc3cc(C)c(C(C)=O)c(O)c23)[C@H](O)[C@@H](O)[C@@H]1O. The average Bonchev–Trinajstić information content (AvgIpc) is 2.89. The van der Waals surface area contributed by atoms with Crippen molar-refractivity contribution in [3.8, 4) is 11.5 Å². The predicted octanol–water partition coefficient (Wildman–Crippen LogP) is 3.44. The van der Waals surface area contributed by atoms with Gasteiger partial charge in [0.25, 0.3) is 0 Å². The molecule has 1 heterocycles. The molecule has 7 atom stereocenters. The number of carboxylic acid groups (broad SMARTS) is 1. The van der Waals surface area contributed by atoms with Crippen LogP contribution in [0.15, 0.2) is 18.2 Å². The maximum atomic E-state index is 12.3. The number of unbranched alkanes of at least 4 members (excludes halogenated alkanes) is 2. The van der Waals surface area contributed by atoms with Crippen LogP contribution in [0.25, 0.3) is 10.8 Å². The molecule has 2 aromatic rings. The molecule has 0 radical (unpaired) electrons. The largest absolute Gasteiger partial charge is 0.506 e. The summed E-state index contributed by atoms with van der Waals surface area (Å²) in [7, 11) is 0. The number of rotatable bonds is 9. The van der Waals surface area contributed by atoms with Crippen molar-refractivity contribution in [2.45, 2.75) is 108 Å². The van der Waals surface area contributed by atoms with Crippen LogP contribution in [0.2, 0.25) is 0 Å². The monoisotopic (exact) mass is 560 g/mol. The summed E-state index contributed by atoms with van der Waals surface area (Å²) in [5.74, 6) is -2.50. The number of carbonyl (C=O) groups excluding carboxylic acids is 1. The van der Waals surface area contributed by atoms with Gasteiger partial charge in [-0.2, -0.15) is 0 Å². The van der Waals surface area contributed by atoms with Crippen molar-refractivity contribution in [1.29, 1.82) is 0 Å². The fourth-order valence-electron chi connectivity index (χ4n) is 6.43. The lowest BCUT2D eigenvalue weighted by molar-refractivity contribution is -0.315. The minimum atomic E-state index is -1.76. The average molecular weight is 561 g/mol. The second-order valence-electron chi connectivity index (χ2n) is 11.3. The summed E-state index contributed by atoms with van der Waals surface area (Å²) >= 11 is 0. The third-order valence-corrected chi connectivity index (χ3v) is 8.52. The number of benzene rings is 2. The molecule has 0 spiro atoms. The highest BCUT2D eigenvalue weighted by Gasteiger charge is 2.56. The van der Waals surface area contributed by atoms with Gasteiger partial charge >= 0.3 is 5.97 Å². The molecule has 0 aromatic heterocycles. The number of carboxylic acids is 1. The molecule has 10 nitrogen and oxygen atoms in total. The second kappa shape index (κ2) is 12.0. The highest BCUT2D eigenvalue weighted by molar-refractivity contribution is 6.08. The van der Waals surface area contributed by atoms with E-state index in [-0.39, 0.29) is 33.6 Å². The number of aliphatic hydroxyl groups excluding tert-OH is 3. The van der Waals surface area contributed by atoms with E-state index in [2.05, 4.69) is 6.92 Å². The highest BCUT2D eigenvalue weighted by atomic mass is 16.7. The summed E-state index contributed by atoms with van der Waals surface area (Å²) in [4.78, 5) is 24.1. The quantitative estimate of drug-likeness (QED) is 0.197. The van der Waals surface area contributed by atoms with Crippen LogP contribution in [-0.2, 0) is 4.74 Å². The number of ether oxygens (including phenoxy) is 2. The summed E-state index contributed by atoms with van der Waals surface area (Å²) in [6.07, 6.45) is -1.73. The summed E-state index contributed by atoms with van der Waals surface area (Å²) in [6, 6.07) is 4.01. The zero-order valence-corrected chi connectivity index (χ0v) is 23.2. The van der Waals surface area contributed by atoms with Crippen molar-refractivity contribution in [3.63, 3.8) is 0 Å². The lowest BCUT2D eigenvalue weighted by atomic mass is 9.68. The maximum Gasteiger partial charge on any atom is 0.335 e. The van der Waals surface area contributed by atoms with Gasteiger partial charge in [0.05, 0.1) is 22.1 Å². The van der Waals surface area contributed by atoms with Crippen LogP contribution in [0.1, 0.15) is 91.5 Å². The first kappa shape index (κ1) is 30.2. The van der Waals surface area contributed by atoms with E-state index < -0.39 is 53.8 Å². The van der Waals surface area contributed by atoms with Gasteiger partial charge in [0.1, 0.15) is 35.9 Å². The van der Waals surface area contributed by atoms with Crippen LogP contribution >= 0.6 is 0 Å². The van der Waals surface area contributed by atoms with Crippen molar-refractivity contribution >= 4 is 22.5 Å². The van der Waals surface area contributed by atoms with Gasteiger partial charge in [-0.1, -0.05) is 45.1 Å². The van der Waals surface area contributed by atoms with Crippen molar-refractivity contribution in [3.05, 3.63) is 34.9 Å². The van der Waals surface area contributed by atoms with Gasteiger partial charge in [-0.25, -0.2) is 4.79 Å². The molecular formula is C30H40O10. The number of phenols is 1. The molecule has 40 heavy (non-hydrogen) atoms. The molecule has 6 N–H and O–H groups in total. The molecule has 220 valence electrons. The number of fused-ring (bicyclic) bond motifs is 1. The van der Waals surface area contributed by atoms with E-state index in [1.54, 1.807) is 13.0 Å². The molecule has 1 aliphatic carbocycles. The zero-order valence-electron chi connectivity index (χ0n) is 23.2. The molecule has 2 fully saturated rings. The fraction of sp³-hybridized carbons (Fsp3) is 0.600. The van der Waals surface area contributed by atoms with E-state index >= 15 is 0 Å². The Balaban J connectivity index is 1.75. The van der Waals surface area contributed by atoms with Crippen LogP contribution in [0.3, 0.4) is 0 Å². The number of carbonyl (C=O) groups is 2. The Labute approximate surface area is 233 Å². The first-order chi connectivity index (χ1) is 18.9. The van der Waals surface area contributed by atoms with Crippen LogP contribution in [0.4, 0.5) is 0 Å². The van der Waals surface area contributed by atoms with E-state index in [0.29, 0.717) is 24.8 Å². The van der Waals surface area contributed by atoms with Gasteiger partial charge in [-0.05, 0) is 62.1 Å². The maximum absolute atomic E-state index is 12.3. The smallest absolute Gasteiger partial charge is 0.335 e. The summed E-state index contributed by atoms with van der Waals surface area (Å²) in [6.45, 7) is 4.99. The molecule has 4 rings (SSSR count). The number of phenolic OH excluding ortho intramolecular Hbond substituents is 1. The minimum Gasteiger partial charge on any atom is -0.506 e. The molecule has 10 heteroatoms. The van der Waals surface area contributed by atoms with Crippen LogP contribution in [-0.4, -0.2) is 78.7 Å². The highest BCUT2D eigenvalue weighted by Crippen LogP contribution is 2.45. The Morgan fingerprint density at radius 2 is 1.80 bits per heavy atom. The van der Waals surface area contributed by atoms with Crippen molar-refractivity contribution < 1.29 is 49.7 Å². The van der Waals surface area contributed by atoms with Crippen molar-refractivity contribution in [2.75, 3.05) is 0 Å². The van der Waals surface area contributed by atoms with Gasteiger partial charge in [0, 0.05) is 0 Å². The first-order valence-electron chi connectivity index (χ1n) is 14.0. The van der Waals surface area contributed by atoms with Gasteiger partial charge in [0.2, 0.25) is 6.29 Å². The van der Waals surface area contributed by atoms with E-state index in [9.17, 15) is 40.2 Å². The van der Waals surface area contributed by atoms with E-state index in [4.69, 9.17) is 9.47 Å². The van der Waals surface area contributed by atoms with Gasteiger partial charge < -0.3 is 40.1 Å². The third-order valence-electron chi connectivity index (χ3n) is 8.52. The van der Waals surface area contributed by atoms with Crippen LogP contribution < -0.4 is 4.74 Å². The molecule has 2 aliphatic rings. The molecular weight excluding hydrogens is 520 g/mol. The number of hydrogen-bond acceptors (Lipinski definition) is 9. The number of hydrogen-bond donors (Lipinski definition) is 6. The van der Waals surface area contributed by atoms with Gasteiger partial charge in [-0.3, -0.25) is 4.79 Å². The Morgan fingerprint density at radius 3 is 2.45 bits per heavy atom. The van der Waals surface area contributed by atoms with E-state index in [1.165, 1.54) is 13.0 Å². The molecule has 2 aromatic carbocycles. The molecule has 1 saturated heterocycles. The van der Waals surface area contributed by atoms with Gasteiger partial charge in [-0.15, -0.1) is 0 Å². The second-order valence-corrected chi connectivity index (χ2v) is 11.3. The number of ketones is 1. The lowest BCUT2D eigenvalue weighted by Crippen LogP contribution is -2.67. The number of aromatic carboxylic acids is 1. The summed E-state index contributed by atoms with van der Waals surface area (Å²) in [5.41, 5.74) is -1.20. The van der Waals surface area contributed by atoms with Crippen LogP contribution in [0.5, 0.6) is 11.5 Å². The van der Waals surface area contributed by atoms with Crippen molar-refractivity contribution in [1.82, 2.24) is 0 Å². The lowest BCUT2D eigenvalue weighted by Gasteiger charge is -2.51. The number of Topliss-reactive ketones (excluding diaryl/α,β-unsaturated/α-hetero) is 1.